The second-order valence-electron chi connectivity index (χ2n) is 5.73. The highest BCUT2D eigenvalue weighted by atomic mass is 32.2. The molecule has 0 spiro atoms. The molecular formula is C18H26N2O4S. The van der Waals surface area contributed by atoms with Crippen molar-refractivity contribution < 1.29 is 19.1 Å². The molecule has 1 rings (SSSR count). The van der Waals surface area contributed by atoms with E-state index < -0.39 is 5.97 Å². The second kappa shape index (κ2) is 10.8. The van der Waals surface area contributed by atoms with E-state index in [0.29, 0.717) is 10.5 Å². The Balaban J connectivity index is 2.63. The van der Waals surface area contributed by atoms with Crippen LogP contribution in [0.15, 0.2) is 29.2 Å². The van der Waals surface area contributed by atoms with Crippen molar-refractivity contribution in [3.05, 3.63) is 29.8 Å². The SMILES string of the molecule is CCC(CC)NC(=O)COC(=O)c1ccccc1SCC(=O)N(C)C. The van der Waals surface area contributed by atoms with Gasteiger partial charge < -0.3 is 15.0 Å². The molecule has 0 aromatic heterocycles. The molecule has 0 bridgehead atoms. The summed E-state index contributed by atoms with van der Waals surface area (Å²) in [5, 5.41) is 2.82. The molecule has 6 nitrogen and oxygen atoms in total. The quantitative estimate of drug-likeness (QED) is 0.536. The average Bonchev–Trinajstić information content (AvgIpc) is 2.62. The number of amides is 2. The molecule has 0 saturated carbocycles. The number of nitrogens with one attached hydrogen (secondary N) is 1. The van der Waals surface area contributed by atoms with E-state index in [1.807, 2.05) is 13.8 Å². The fourth-order valence-electron chi connectivity index (χ4n) is 2.00. The topological polar surface area (TPSA) is 75.7 Å². The lowest BCUT2D eigenvalue weighted by Crippen LogP contribution is -2.36. The van der Waals surface area contributed by atoms with Gasteiger partial charge in [-0.1, -0.05) is 26.0 Å². The van der Waals surface area contributed by atoms with Crippen LogP contribution in [0.4, 0.5) is 0 Å². The largest absolute Gasteiger partial charge is 0.452 e. The lowest BCUT2D eigenvalue weighted by Gasteiger charge is -2.15. The molecule has 0 atom stereocenters. The maximum Gasteiger partial charge on any atom is 0.339 e. The Kier molecular flexibility index (Phi) is 9.05. The first-order chi connectivity index (χ1) is 11.9. The van der Waals surface area contributed by atoms with E-state index in [9.17, 15) is 14.4 Å². The Morgan fingerprint density at radius 1 is 1.16 bits per heavy atom. The number of hydrogen-bond donors (Lipinski definition) is 1. The normalized spacial score (nSPS) is 10.4. The molecule has 138 valence electrons. The van der Waals surface area contributed by atoms with Gasteiger partial charge in [0.1, 0.15) is 0 Å². The Bertz CT molecular complexity index is 600. The standard InChI is InChI=1S/C18H26N2O4S/c1-5-13(6-2)19-16(21)11-24-18(23)14-9-7-8-10-15(14)25-12-17(22)20(3)4/h7-10,13H,5-6,11-12H2,1-4H3,(H,19,21). The maximum atomic E-state index is 12.3. The first-order valence-corrected chi connectivity index (χ1v) is 9.26. The van der Waals surface area contributed by atoms with Crippen molar-refractivity contribution in [2.45, 2.75) is 37.6 Å². The van der Waals surface area contributed by atoms with E-state index in [-0.39, 0.29) is 30.2 Å². The Labute approximate surface area is 153 Å². The van der Waals surface area contributed by atoms with Crippen LogP contribution in [-0.2, 0) is 14.3 Å². The highest BCUT2D eigenvalue weighted by molar-refractivity contribution is 8.00. The zero-order valence-corrected chi connectivity index (χ0v) is 16.0. The molecule has 0 aliphatic carbocycles. The molecule has 1 aromatic carbocycles. The first kappa shape index (κ1) is 21.0. The summed E-state index contributed by atoms with van der Waals surface area (Å²) < 4.78 is 5.12. The van der Waals surface area contributed by atoms with Gasteiger partial charge in [0.25, 0.3) is 5.91 Å². The summed E-state index contributed by atoms with van der Waals surface area (Å²) in [5.41, 5.74) is 0.356. The highest BCUT2D eigenvalue weighted by Crippen LogP contribution is 2.23. The molecule has 0 unspecified atom stereocenters. The fraction of sp³-hybridized carbons (Fsp3) is 0.500. The lowest BCUT2D eigenvalue weighted by molar-refractivity contribution is -0.126. The van der Waals surface area contributed by atoms with Gasteiger partial charge >= 0.3 is 5.97 Å². The number of ether oxygens (including phenoxy) is 1. The number of carbonyl (C=O) groups excluding carboxylic acids is 3. The van der Waals surface area contributed by atoms with Gasteiger partial charge in [0.15, 0.2) is 6.61 Å². The Morgan fingerprint density at radius 3 is 2.40 bits per heavy atom. The molecule has 0 aliphatic heterocycles. The van der Waals surface area contributed by atoms with Gasteiger partial charge in [-0.3, -0.25) is 9.59 Å². The summed E-state index contributed by atoms with van der Waals surface area (Å²) in [6.45, 7) is 3.66. The van der Waals surface area contributed by atoms with Crippen LogP contribution in [0, 0.1) is 0 Å². The van der Waals surface area contributed by atoms with Crippen molar-refractivity contribution in [1.29, 1.82) is 0 Å². The predicted molar refractivity (Wildman–Crippen MR) is 98.7 cm³/mol. The van der Waals surface area contributed by atoms with Gasteiger partial charge in [0.05, 0.1) is 11.3 Å². The third-order valence-corrected chi connectivity index (χ3v) is 4.70. The minimum atomic E-state index is -0.569. The lowest BCUT2D eigenvalue weighted by atomic mass is 10.2. The van der Waals surface area contributed by atoms with Crippen LogP contribution in [0.25, 0.3) is 0 Å². The zero-order valence-electron chi connectivity index (χ0n) is 15.2. The van der Waals surface area contributed by atoms with Crippen molar-refractivity contribution in [1.82, 2.24) is 10.2 Å². The van der Waals surface area contributed by atoms with E-state index in [1.165, 1.54) is 16.7 Å². The number of hydrogen-bond acceptors (Lipinski definition) is 5. The molecule has 1 N–H and O–H groups in total. The number of nitrogens with zero attached hydrogens (tertiary/aromatic N) is 1. The molecule has 2 amide bonds. The van der Waals surface area contributed by atoms with Crippen molar-refractivity contribution in [3.8, 4) is 0 Å². The monoisotopic (exact) mass is 366 g/mol. The van der Waals surface area contributed by atoms with Gasteiger partial charge in [0, 0.05) is 25.0 Å². The predicted octanol–water partition coefficient (Wildman–Crippen LogP) is 2.33. The summed E-state index contributed by atoms with van der Waals surface area (Å²) in [7, 11) is 3.36. The summed E-state index contributed by atoms with van der Waals surface area (Å²) in [4.78, 5) is 38.0. The number of carbonyl (C=O) groups is 3. The van der Waals surface area contributed by atoms with Gasteiger partial charge in [-0.15, -0.1) is 11.8 Å². The van der Waals surface area contributed by atoms with Crippen LogP contribution in [0.1, 0.15) is 37.0 Å². The minimum absolute atomic E-state index is 0.0438. The van der Waals surface area contributed by atoms with Crippen LogP contribution < -0.4 is 5.32 Å². The van der Waals surface area contributed by atoms with E-state index in [1.54, 1.807) is 38.4 Å². The molecule has 25 heavy (non-hydrogen) atoms. The summed E-state index contributed by atoms with van der Waals surface area (Å²) in [5.74, 6) is -0.695. The number of thioether (sulfide) groups is 1. The minimum Gasteiger partial charge on any atom is -0.452 e. The molecule has 0 fully saturated rings. The molecule has 1 aromatic rings. The molecule has 0 heterocycles. The number of benzene rings is 1. The number of rotatable bonds is 9. The molecular weight excluding hydrogens is 340 g/mol. The van der Waals surface area contributed by atoms with Gasteiger partial charge in [-0.2, -0.15) is 0 Å². The van der Waals surface area contributed by atoms with Crippen LogP contribution in [-0.4, -0.2) is 55.2 Å². The molecule has 0 aliphatic rings. The third kappa shape index (κ3) is 7.17. The van der Waals surface area contributed by atoms with E-state index in [4.69, 9.17) is 4.74 Å². The van der Waals surface area contributed by atoms with Crippen molar-refractivity contribution in [2.75, 3.05) is 26.5 Å². The Hall–Kier alpha value is -2.02. The van der Waals surface area contributed by atoms with Gasteiger partial charge in [-0.25, -0.2) is 4.79 Å². The van der Waals surface area contributed by atoms with E-state index in [2.05, 4.69) is 5.32 Å². The molecule has 7 heteroatoms. The zero-order chi connectivity index (χ0) is 18.8. The van der Waals surface area contributed by atoms with Gasteiger partial charge in [0.2, 0.25) is 5.91 Å². The Morgan fingerprint density at radius 2 is 1.80 bits per heavy atom. The molecule has 0 saturated heterocycles. The van der Waals surface area contributed by atoms with Crippen LogP contribution in [0.5, 0.6) is 0 Å². The van der Waals surface area contributed by atoms with E-state index >= 15 is 0 Å². The first-order valence-electron chi connectivity index (χ1n) is 8.27. The number of esters is 1. The van der Waals surface area contributed by atoms with E-state index in [0.717, 1.165) is 12.8 Å². The third-order valence-electron chi connectivity index (χ3n) is 3.64. The maximum absolute atomic E-state index is 12.3. The summed E-state index contributed by atoms with van der Waals surface area (Å²) >= 11 is 1.27. The van der Waals surface area contributed by atoms with Crippen LogP contribution in [0.3, 0.4) is 0 Å². The van der Waals surface area contributed by atoms with Crippen LogP contribution >= 0.6 is 11.8 Å². The van der Waals surface area contributed by atoms with Gasteiger partial charge in [-0.05, 0) is 25.0 Å². The van der Waals surface area contributed by atoms with Crippen molar-refractivity contribution >= 4 is 29.5 Å². The fourth-order valence-corrected chi connectivity index (χ4v) is 3.02. The van der Waals surface area contributed by atoms with Crippen molar-refractivity contribution in [3.63, 3.8) is 0 Å². The summed E-state index contributed by atoms with van der Waals surface area (Å²) in [6, 6.07) is 6.99. The summed E-state index contributed by atoms with van der Waals surface area (Å²) in [6.07, 6.45) is 1.66. The molecule has 0 radical (unpaired) electrons. The van der Waals surface area contributed by atoms with Crippen LogP contribution in [0.2, 0.25) is 0 Å². The second-order valence-corrected chi connectivity index (χ2v) is 6.75. The smallest absolute Gasteiger partial charge is 0.339 e. The van der Waals surface area contributed by atoms with Crippen molar-refractivity contribution in [2.24, 2.45) is 0 Å². The highest BCUT2D eigenvalue weighted by Gasteiger charge is 2.16. The average molecular weight is 366 g/mol.